The van der Waals surface area contributed by atoms with Gasteiger partial charge < -0.3 is 4.90 Å². The van der Waals surface area contributed by atoms with Crippen LogP contribution in [-0.2, 0) is 6.54 Å². The number of rotatable bonds is 3. The number of pyridine rings is 1. The molecular weight excluding hydrogens is 302 g/mol. The van der Waals surface area contributed by atoms with Crippen molar-refractivity contribution in [2.45, 2.75) is 32.4 Å². The lowest BCUT2D eigenvalue weighted by Gasteiger charge is -2.35. The molecule has 5 heterocycles. The predicted octanol–water partition coefficient (Wildman–Crippen LogP) is 1.85. The normalized spacial score (nSPS) is 24.1. The Balaban J connectivity index is 1.49. The van der Waals surface area contributed by atoms with Crippen molar-refractivity contribution in [2.75, 3.05) is 19.6 Å². The number of amides is 1. The first kappa shape index (κ1) is 15.3. The molecule has 0 aliphatic carbocycles. The molecule has 2 bridgehead atoms. The highest BCUT2D eigenvalue weighted by atomic mass is 16.2. The van der Waals surface area contributed by atoms with E-state index in [0.717, 1.165) is 44.0 Å². The number of piperidine rings is 1. The van der Waals surface area contributed by atoms with Gasteiger partial charge in [-0.3, -0.25) is 19.8 Å². The fourth-order valence-electron chi connectivity index (χ4n) is 3.95. The van der Waals surface area contributed by atoms with Crippen LogP contribution in [0.1, 0.15) is 34.7 Å². The summed E-state index contributed by atoms with van der Waals surface area (Å²) >= 11 is 0. The Morgan fingerprint density at radius 1 is 1.29 bits per heavy atom. The van der Waals surface area contributed by atoms with Crippen molar-refractivity contribution >= 4 is 5.91 Å². The van der Waals surface area contributed by atoms with Crippen molar-refractivity contribution in [1.82, 2.24) is 25.0 Å². The molecule has 5 rings (SSSR count). The van der Waals surface area contributed by atoms with Crippen LogP contribution in [0, 0.1) is 12.8 Å². The van der Waals surface area contributed by atoms with Gasteiger partial charge in [0.1, 0.15) is 5.69 Å². The molecule has 2 aromatic heterocycles. The van der Waals surface area contributed by atoms with E-state index in [4.69, 9.17) is 0 Å². The van der Waals surface area contributed by atoms with Crippen molar-refractivity contribution in [3.63, 3.8) is 0 Å². The second kappa shape index (κ2) is 6.36. The van der Waals surface area contributed by atoms with E-state index < -0.39 is 0 Å². The summed E-state index contributed by atoms with van der Waals surface area (Å²) in [6, 6.07) is 8.17. The quantitative estimate of drug-likeness (QED) is 0.935. The Bertz CT molecular complexity index is 713. The molecule has 2 aromatic rings. The van der Waals surface area contributed by atoms with Crippen LogP contribution in [-0.4, -0.2) is 56.6 Å². The van der Waals surface area contributed by atoms with Crippen LogP contribution in [0.5, 0.6) is 0 Å². The molecule has 3 aliphatic rings. The van der Waals surface area contributed by atoms with Gasteiger partial charge in [0, 0.05) is 44.1 Å². The molecule has 24 heavy (non-hydrogen) atoms. The summed E-state index contributed by atoms with van der Waals surface area (Å²) in [7, 11) is 0. The molecule has 0 spiro atoms. The predicted molar refractivity (Wildman–Crippen MR) is 90.4 cm³/mol. The number of carbonyl (C=O) groups excluding carboxylic acids is 1. The number of aromatic nitrogens is 3. The van der Waals surface area contributed by atoms with Gasteiger partial charge in [0.2, 0.25) is 0 Å². The molecule has 6 heteroatoms. The van der Waals surface area contributed by atoms with Crippen molar-refractivity contribution in [3.8, 4) is 0 Å². The second-order valence-corrected chi connectivity index (χ2v) is 7.01. The van der Waals surface area contributed by atoms with Gasteiger partial charge in [-0.2, -0.15) is 5.10 Å². The van der Waals surface area contributed by atoms with Gasteiger partial charge in [0.15, 0.2) is 0 Å². The molecule has 3 aliphatic heterocycles. The van der Waals surface area contributed by atoms with E-state index in [1.165, 1.54) is 6.42 Å². The van der Waals surface area contributed by atoms with Crippen molar-refractivity contribution in [2.24, 2.45) is 5.92 Å². The highest BCUT2D eigenvalue weighted by Crippen LogP contribution is 2.29. The fraction of sp³-hybridized carbons (Fsp3) is 0.500. The Morgan fingerprint density at radius 3 is 2.96 bits per heavy atom. The smallest absolute Gasteiger partial charge is 0.274 e. The van der Waals surface area contributed by atoms with Crippen LogP contribution in [0.15, 0.2) is 30.5 Å². The van der Waals surface area contributed by atoms with Crippen molar-refractivity contribution in [3.05, 3.63) is 47.5 Å². The van der Waals surface area contributed by atoms with Crippen LogP contribution in [0.2, 0.25) is 0 Å². The molecule has 3 fully saturated rings. The molecule has 2 atom stereocenters. The van der Waals surface area contributed by atoms with Gasteiger partial charge >= 0.3 is 0 Å². The first-order chi connectivity index (χ1) is 11.7. The van der Waals surface area contributed by atoms with E-state index in [9.17, 15) is 4.79 Å². The molecular formula is C18H23N5O. The highest BCUT2D eigenvalue weighted by Gasteiger charge is 2.38. The number of fused-ring (bicyclic) bond motifs is 4. The number of nitrogens with zero attached hydrogens (tertiary/aromatic N) is 4. The van der Waals surface area contributed by atoms with E-state index in [0.29, 0.717) is 11.6 Å². The van der Waals surface area contributed by atoms with E-state index in [2.05, 4.69) is 26.1 Å². The Kier molecular flexibility index (Phi) is 4.06. The monoisotopic (exact) mass is 325 g/mol. The standard InChI is InChI=1S/C18H23N5O/c1-13-8-17(21-20-13)18(24)23-10-14-5-6-16(23)12-22(9-14)11-15-4-2-3-7-19-15/h2-4,7-8,14,16H,5-6,9-12H2,1H3,(H,20,21)/t14-,16+/m0/s1. The second-order valence-electron chi connectivity index (χ2n) is 7.01. The Morgan fingerprint density at radius 2 is 2.21 bits per heavy atom. The zero-order valence-electron chi connectivity index (χ0n) is 14.0. The summed E-state index contributed by atoms with van der Waals surface area (Å²) in [5.41, 5.74) is 2.56. The Hall–Kier alpha value is -2.21. The van der Waals surface area contributed by atoms with E-state index in [1.54, 1.807) is 0 Å². The topological polar surface area (TPSA) is 65.1 Å². The summed E-state index contributed by atoms with van der Waals surface area (Å²) in [5.74, 6) is 0.602. The molecule has 1 amide bonds. The Labute approximate surface area is 141 Å². The maximum Gasteiger partial charge on any atom is 0.274 e. The first-order valence-electron chi connectivity index (χ1n) is 8.64. The molecule has 0 aromatic carbocycles. The van der Waals surface area contributed by atoms with Gasteiger partial charge in [0.05, 0.1) is 5.69 Å². The maximum absolute atomic E-state index is 12.8. The van der Waals surface area contributed by atoms with Crippen LogP contribution >= 0.6 is 0 Å². The number of carbonyl (C=O) groups is 1. The van der Waals surface area contributed by atoms with E-state index in [-0.39, 0.29) is 11.9 Å². The number of H-pyrrole nitrogens is 1. The zero-order chi connectivity index (χ0) is 16.5. The highest BCUT2D eigenvalue weighted by molar-refractivity contribution is 5.92. The van der Waals surface area contributed by atoms with Crippen molar-refractivity contribution in [1.29, 1.82) is 0 Å². The average Bonchev–Trinajstić information content (AvgIpc) is 2.84. The number of aryl methyl sites for hydroxylation is 1. The molecule has 0 unspecified atom stereocenters. The lowest BCUT2D eigenvalue weighted by atomic mass is 9.94. The summed E-state index contributed by atoms with van der Waals surface area (Å²) in [4.78, 5) is 21.8. The summed E-state index contributed by atoms with van der Waals surface area (Å²) in [5, 5.41) is 7.03. The minimum Gasteiger partial charge on any atom is -0.333 e. The van der Waals surface area contributed by atoms with E-state index >= 15 is 0 Å². The fourth-order valence-corrected chi connectivity index (χ4v) is 3.95. The third-order valence-corrected chi connectivity index (χ3v) is 5.09. The number of aromatic amines is 1. The number of hydrogen-bond donors (Lipinski definition) is 1. The summed E-state index contributed by atoms with van der Waals surface area (Å²) < 4.78 is 0. The number of hydrogen-bond acceptors (Lipinski definition) is 4. The average molecular weight is 325 g/mol. The SMILES string of the molecule is Cc1cc(C(=O)N2C[C@H]3CC[C@@H]2CN(Cc2ccccn2)C3)n[nH]1. The molecule has 0 radical (unpaired) electrons. The van der Waals surface area contributed by atoms with Crippen LogP contribution in [0.4, 0.5) is 0 Å². The molecule has 6 nitrogen and oxygen atoms in total. The van der Waals surface area contributed by atoms with Gasteiger partial charge in [-0.05, 0) is 43.9 Å². The third kappa shape index (κ3) is 3.06. The van der Waals surface area contributed by atoms with E-state index in [1.807, 2.05) is 36.2 Å². The lowest BCUT2D eigenvalue weighted by molar-refractivity contribution is 0.0578. The first-order valence-corrected chi connectivity index (χ1v) is 8.64. The van der Waals surface area contributed by atoms with Crippen molar-refractivity contribution < 1.29 is 4.79 Å². The lowest BCUT2D eigenvalue weighted by Crippen LogP contribution is -2.47. The van der Waals surface area contributed by atoms with Crippen LogP contribution < -0.4 is 0 Å². The molecule has 3 saturated heterocycles. The molecule has 1 N–H and O–H groups in total. The van der Waals surface area contributed by atoms with Gasteiger partial charge in [-0.25, -0.2) is 0 Å². The zero-order valence-corrected chi connectivity index (χ0v) is 14.0. The maximum atomic E-state index is 12.8. The third-order valence-electron chi connectivity index (χ3n) is 5.09. The number of nitrogens with one attached hydrogen (secondary N) is 1. The van der Waals surface area contributed by atoms with Gasteiger partial charge in [-0.15, -0.1) is 0 Å². The molecule has 0 saturated carbocycles. The summed E-state index contributed by atoms with van der Waals surface area (Å²) in [6.07, 6.45) is 4.13. The minimum atomic E-state index is 0.0636. The molecule has 126 valence electrons. The van der Waals surface area contributed by atoms with Crippen LogP contribution in [0.25, 0.3) is 0 Å². The summed E-state index contributed by atoms with van der Waals surface area (Å²) in [6.45, 7) is 5.58. The van der Waals surface area contributed by atoms with Crippen LogP contribution in [0.3, 0.4) is 0 Å². The van der Waals surface area contributed by atoms with Gasteiger partial charge in [0.25, 0.3) is 5.91 Å². The largest absolute Gasteiger partial charge is 0.333 e. The van der Waals surface area contributed by atoms with Gasteiger partial charge in [-0.1, -0.05) is 6.07 Å². The minimum absolute atomic E-state index is 0.0636.